The largest absolute Gasteiger partial charge is 0.340 e. The van der Waals surface area contributed by atoms with Gasteiger partial charge < -0.3 is 14.6 Å². The van der Waals surface area contributed by atoms with Gasteiger partial charge in [0.15, 0.2) is 0 Å². The Labute approximate surface area is 176 Å². The van der Waals surface area contributed by atoms with Crippen molar-refractivity contribution in [3.63, 3.8) is 0 Å². The first kappa shape index (κ1) is 22.3. The van der Waals surface area contributed by atoms with Crippen LogP contribution in [0, 0.1) is 0 Å². The summed E-state index contributed by atoms with van der Waals surface area (Å²) in [5, 5.41) is 3.45. The molecular weight excluding hydrogens is 405 g/mol. The number of pyridine rings is 1. The maximum absolute atomic E-state index is 12.5. The normalized spacial score (nSPS) is 20.7. The smallest absolute Gasteiger partial charge is 0.224 e. The zero-order valence-electron chi connectivity index (χ0n) is 15.2. The molecule has 0 spiro atoms. The van der Waals surface area contributed by atoms with Crippen LogP contribution in [0.3, 0.4) is 0 Å². The molecule has 0 aromatic carbocycles. The molecule has 0 aliphatic carbocycles. The Bertz CT molecular complexity index is 696. The topological polar surface area (TPSA) is 52.9 Å². The molecule has 27 heavy (non-hydrogen) atoms. The summed E-state index contributed by atoms with van der Waals surface area (Å²) < 4.78 is 2.06. The molecule has 150 valence electrons. The minimum Gasteiger partial charge on any atom is -0.340 e. The van der Waals surface area contributed by atoms with Crippen LogP contribution in [-0.4, -0.2) is 75.4 Å². The molecule has 1 N–H and O–H groups in total. The molecule has 1 atom stereocenters. The predicted octanol–water partition coefficient (Wildman–Crippen LogP) is 1.92. The summed E-state index contributed by atoms with van der Waals surface area (Å²) in [4.78, 5) is 21.6. The van der Waals surface area contributed by atoms with E-state index in [2.05, 4.69) is 25.8 Å². The number of rotatable bonds is 4. The minimum absolute atomic E-state index is 0. The number of aromatic nitrogens is 2. The zero-order valence-corrected chi connectivity index (χ0v) is 17.7. The summed E-state index contributed by atoms with van der Waals surface area (Å²) in [6, 6.07) is 6.40. The third-order valence-corrected chi connectivity index (χ3v) is 6.07. The molecule has 4 rings (SSSR count). The van der Waals surface area contributed by atoms with Crippen molar-refractivity contribution in [2.45, 2.75) is 19.0 Å². The Morgan fingerprint density at radius 1 is 1.22 bits per heavy atom. The van der Waals surface area contributed by atoms with Crippen molar-refractivity contribution in [3.05, 3.63) is 36.3 Å². The van der Waals surface area contributed by atoms with Crippen LogP contribution in [0.25, 0.3) is 5.65 Å². The van der Waals surface area contributed by atoms with Crippen molar-refractivity contribution >= 4 is 48.1 Å². The van der Waals surface area contributed by atoms with Crippen molar-refractivity contribution in [1.29, 1.82) is 0 Å². The number of nitrogens with zero attached hydrogens (tertiary/aromatic N) is 4. The number of imidazole rings is 1. The quantitative estimate of drug-likeness (QED) is 0.800. The Morgan fingerprint density at radius 2 is 2.04 bits per heavy atom. The Balaban J connectivity index is 0.00000131. The number of halogens is 2. The lowest BCUT2D eigenvalue weighted by Gasteiger charge is -2.35. The third kappa shape index (κ3) is 5.74. The van der Waals surface area contributed by atoms with E-state index >= 15 is 0 Å². The molecule has 2 aromatic rings. The molecule has 1 unspecified atom stereocenters. The van der Waals surface area contributed by atoms with Gasteiger partial charge in [0, 0.05) is 75.6 Å². The van der Waals surface area contributed by atoms with Crippen LogP contribution in [0.5, 0.6) is 0 Å². The second kappa shape index (κ2) is 10.5. The molecule has 0 radical (unpaired) electrons. The van der Waals surface area contributed by atoms with Gasteiger partial charge in [0.1, 0.15) is 5.65 Å². The fraction of sp³-hybridized carbons (Fsp3) is 0.556. The van der Waals surface area contributed by atoms with Crippen molar-refractivity contribution in [3.8, 4) is 0 Å². The molecule has 6 nitrogen and oxygen atoms in total. The van der Waals surface area contributed by atoms with Crippen molar-refractivity contribution in [1.82, 2.24) is 24.5 Å². The summed E-state index contributed by atoms with van der Waals surface area (Å²) in [6.45, 7) is 5.37. The van der Waals surface area contributed by atoms with E-state index in [1.165, 1.54) is 0 Å². The Morgan fingerprint density at radius 3 is 2.74 bits per heavy atom. The lowest BCUT2D eigenvalue weighted by molar-refractivity contribution is -0.133. The highest BCUT2D eigenvalue weighted by atomic mass is 35.5. The van der Waals surface area contributed by atoms with E-state index < -0.39 is 0 Å². The fourth-order valence-electron chi connectivity index (χ4n) is 3.54. The monoisotopic (exact) mass is 431 g/mol. The summed E-state index contributed by atoms with van der Waals surface area (Å²) in [7, 11) is 0. The van der Waals surface area contributed by atoms with Crippen LogP contribution in [0.2, 0.25) is 0 Å². The fourth-order valence-corrected chi connectivity index (χ4v) is 4.49. The van der Waals surface area contributed by atoms with Crippen LogP contribution < -0.4 is 5.32 Å². The highest BCUT2D eigenvalue weighted by molar-refractivity contribution is 7.99. The Hall–Kier alpha value is -0.990. The average molecular weight is 432 g/mol. The molecule has 9 heteroatoms. The number of fused-ring (bicyclic) bond motifs is 1. The lowest BCUT2D eigenvalue weighted by atomic mass is 10.2. The number of carbonyl (C=O) groups is 1. The van der Waals surface area contributed by atoms with Gasteiger partial charge in [-0.25, -0.2) is 4.98 Å². The molecule has 1 amide bonds. The summed E-state index contributed by atoms with van der Waals surface area (Å²) in [5.41, 5.74) is 2.08. The number of thioether (sulfide) groups is 1. The molecule has 2 aliphatic heterocycles. The zero-order chi connectivity index (χ0) is 17.1. The summed E-state index contributed by atoms with van der Waals surface area (Å²) >= 11 is 1.94. The molecule has 2 aliphatic rings. The predicted molar refractivity (Wildman–Crippen MR) is 115 cm³/mol. The number of hydrogen-bond acceptors (Lipinski definition) is 5. The van der Waals surface area contributed by atoms with Crippen LogP contribution in [0.1, 0.15) is 12.1 Å². The standard InChI is InChI=1S/C18H25N5OS.2ClH/c24-18(11-15-14-25-10-4-19-15)22-8-6-21(7-9-22)12-16-13-23-5-2-1-3-17(23)20-16;;/h1-3,5,13,15,19H,4,6-12,14H2;2*1H. The maximum atomic E-state index is 12.5. The van der Waals surface area contributed by atoms with E-state index in [0.717, 1.165) is 62.1 Å². The van der Waals surface area contributed by atoms with Gasteiger partial charge in [-0.3, -0.25) is 9.69 Å². The number of carbonyl (C=O) groups excluding carboxylic acids is 1. The van der Waals surface area contributed by atoms with Crippen molar-refractivity contribution < 1.29 is 4.79 Å². The van der Waals surface area contributed by atoms with E-state index in [-0.39, 0.29) is 24.8 Å². The minimum atomic E-state index is 0. The van der Waals surface area contributed by atoms with E-state index in [1.807, 2.05) is 41.1 Å². The summed E-state index contributed by atoms with van der Waals surface area (Å²) in [5.74, 6) is 2.51. The van der Waals surface area contributed by atoms with Crippen LogP contribution in [0.4, 0.5) is 0 Å². The first-order valence-corrected chi connectivity index (χ1v) is 10.2. The van der Waals surface area contributed by atoms with Crippen LogP contribution in [0.15, 0.2) is 30.6 Å². The van der Waals surface area contributed by atoms with Gasteiger partial charge in [-0.2, -0.15) is 11.8 Å². The molecule has 2 saturated heterocycles. The van der Waals surface area contributed by atoms with E-state index in [9.17, 15) is 4.79 Å². The third-order valence-electron chi connectivity index (χ3n) is 4.94. The first-order valence-electron chi connectivity index (χ1n) is 9.02. The molecule has 4 heterocycles. The highest BCUT2D eigenvalue weighted by Gasteiger charge is 2.24. The second-order valence-electron chi connectivity index (χ2n) is 6.79. The molecule has 2 fully saturated rings. The molecule has 0 saturated carbocycles. The van der Waals surface area contributed by atoms with Gasteiger partial charge >= 0.3 is 0 Å². The first-order chi connectivity index (χ1) is 12.3. The Kier molecular flexibility index (Phi) is 8.69. The summed E-state index contributed by atoms with van der Waals surface area (Å²) in [6.07, 6.45) is 4.76. The van der Waals surface area contributed by atoms with E-state index in [1.54, 1.807) is 0 Å². The highest BCUT2D eigenvalue weighted by Crippen LogP contribution is 2.14. The van der Waals surface area contributed by atoms with Crippen LogP contribution in [-0.2, 0) is 11.3 Å². The van der Waals surface area contributed by atoms with Gasteiger partial charge in [-0.1, -0.05) is 6.07 Å². The maximum Gasteiger partial charge on any atom is 0.224 e. The molecule has 2 aromatic heterocycles. The van der Waals surface area contributed by atoms with Crippen LogP contribution >= 0.6 is 36.6 Å². The van der Waals surface area contributed by atoms with Gasteiger partial charge in [-0.05, 0) is 12.1 Å². The van der Waals surface area contributed by atoms with Gasteiger partial charge in [0.25, 0.3) is 0 Å². The molecular formula is C18H27Cl2N5OS. The second-order valence-corrected chi connectivity index (χ2v) is 7.94. The number of amides is 1. The average Bonchev–Trinajstić information content (AvgIpc) is 3.05. The lowest BCUT2D eigenvalue weighted by Crippen LogP contribution is -2.50. The van der Waals surface area contributed by atoms with E-state index in [4.69, 9.17) is 0 Å². The van der Waals surface area contributed by atoms with E-state index in [0.29, 0.717) is 18.4 Å². The van der Waals surface area contributed by atoms with Crippen molar-refractivity contribution in [2.24, 2.45) is 0 Å². The molecule has 0 bridgehead atoms. The SMILES string of the molecule is Cl.Cl.O=C(CC1CSCCN1)N1CCN(Cc2cn3ccccc3n2)CC1. The number of nitrogens with one attached hydrogen (secondary N) is 1. The number of piperazine rings is 1. The van der Waals surface area contributed by atoms with Crippen molar-refractivity contribution in [2.75, 3.05) is 44.2 Å². The van der Waals surface area contributed by atoms with Gasteiger partial charge in [0.05, 0.1) is 5.69 Å². The van der Waals surface area contributed by atoms with Gasteiger partial charge in [-0.15, -0.1) is 24.8 Å². The number of hydrogen-bond donors (Lipinski definition) is 1. The van der Waals surface area contributed by atoms with Gasteiger partial charge in [0.2, 0.25) is 5.91 Å².